The van der Waals surface area contributed by atoms with E-state index >= 15 is 0 Å². The number of unbranched alkanes of at least 4 members (excludes halogenated alkanes) is 20. The van der Waals surface area contributed by atoms with Crippen LogP contribution in [0.25, 0.3) is 0 Å². The van der Waals surface area contributed by atoms with Gasteiger partial charge in [-0.25, -0.2) is 0 Å². The number of aromatic hydroxyl groups is 1. The van der Waals surface area contributed by atoms with Crippen molar-refractivity contribution in [2.24, 2.45) is 0 Å². The Bertz CT molecular complexity index is 899. The van der Waals surface area contributed by atoms with Crippen molar-refractivity contribution in [1.82, 2.24) is 0 Å². The van der Waals surface area contributed by atoms with Gasteiger partial charge in [0.2, 0.25) is 0 Å². The van der Waals surface area contributed by atoms with E-state index in [1.54, 1.807) is 0 Å². The maximum atomic E-state index is 14.0. The molecular weight excluding hydrogens is 564 g/mol. The van der Waals surface area contributed by atoms with E-state index in [1.807, 2.05) is 0 Å². The van der Waals surface area contributed by atoms with Gasteiger partial charge in [-0.1, -0.05) is 202 Å². The first-order valence-corrected chi connectivity index (χ1v) is 19.8. The number of carbonyl (C=O) groups excluding carboxylic acids is 1. The number of phenolic OH excluding ortho intramolecular Hbond substituents is 1. The monoisotopic (exact) mass is 643 g/mol. The molecule has 0 amide bonds. The first kappa shape index (κ1) is 42.5. The largest absolute Gasteiger partial charge is 0.507 e. The van der Waals surface area contributed by atoms with Crippen molar-refractivity contribution in [3.63, 3.8) is 0 Å². The summed E-state index contributed by atoms with van der Waals surface area (Å²) in [5, 5.41) is 11.4. The third-order valence-electron chi connectivity index (χ3n) is 10.1. The normalized spacial score (nSPS) is 13.6. The molecular formula is C43H78O3. The van der Waals surface area contributed by atoms with Crippen LogP contribution in [0.2, 0.25) is 0 Å². The highest BCUT2D eigenvalue weighted by atomic mass is 16.5. The highest BCUT2D eigenvalue weighted by molar-refractivity contribution is 5.83. The maximum Gasteiger partial charge on any atom is 0.316 e. The van der Waals surface area contributed by atoms with Gasteiger partial charge in [0.15, 0.2) is 0 Å². The minimum absolute atomic E-state index is 0.0999. The van der Waals surface area contributed by atoms with Gasteiger partial charge < -0.3 is 9.84 Å². The molecule has 0 bridgehead atoms. The molecule has 3 nitrogen and oxygen atoms in total. The molecule has 0 aliphatic rings. The first-order chi connectivity index (χ1) is 21.8. The van der Waals surface area contributed by atoms with Crippen LogP contribution in [0.5, 0.6) is 5.75 Å². The minimum Gasteiger partial charge on any atom is -0.507 e. The lowest BCUT2D eigenvalue weighted by atomic mass is 9.72. The van der Waals surface area contributed by atoms with Gasteiger partial charge in [0.05, 0.1) is 12.0 Å². The number of rotatable bonds is 26. The van der Waals surface area contributed by atoms with Gasteiger partial charge in [-0.05, 0) is 47.3 Å². The van der Waals surface area contributed by atoms with Gasteiger partial charge in [0, 0.05) is 0 Å². The summed E-state index contributed by atoms with van der Waals surface area (Å²) in [6, 6.07) is 4.21. The molecule has 1 rings (SSSR count). The fraction of sp³-hybridized carbons (Fsp3) is 0.837. The van der Waals surface area contributed by atoms with E-state index < -0.39 is 5.41 Å². The fourth-order valence-corrected chi connectivity index (χ4v) is 6.69. The molecule has 46 heavy (non-hydrogen) atoms. The summed E-state index contributed by atoms with van der Waals surface area (Å²) in [6.07, 6.45) is 29.1. The third kappa shape index (κ3) is 16.5. The van der Waals surface area contributed by atoms with Crippen LogP contribution in [-0.2, 0) is 25.8 Å². The molecule has 3 heteroatoms. The quantitative estimate of drug-likeness (QED) is 0.0808. The van der Waals surface area contributed by atoms with E-state index in [4.69, 9.17) is 4.74 Å². The number of hydrogen-bond donors (Lipinski definition) is 1. The van der Waals surface area contributed by atoms with Gasteiger partial charge in [-0.15, -0.1) is 0 Å². The van der Waals surface area contributed by atoms with Gasteiger partial charge in [-0.3, -0.25) is 4.79 Å². The van der Waals surface area contributed by atoms with Crippen LogP contribution in [0, 0.1) is 0 Å². The Labute approximate surface area is 287 Å². The molecule has 0 spiro atoms. The smallest absolute Gasteiger partial charge is 0.316 e. The Morgan fingerprint density at radius 3 is 1.22 bits per heavy atom. The Morgan fingerprint density at radius 1 is 0.543 bits per heavy atom. The predicted molar refractivity (Wildman–Crippen MR) is 201 cm³/mol. The predicted octanol–water partition coefficient (Wildman–Crippen LogP) is 13.8. The Balaban J connectivity index is 2.84. The summed E-state index contributed by atoms with van der Waals surface area (Å²) in [6.45, 7) is 20.0. The first-order valence-electron chi connectivity index (χ1n) is 19.8. The number of esters is 1. The second-order valence-corrected chi connectivity index (χ2v) is 16.7. The molecule has 0 fully saturated rings. The van der Waals surface area contributed by atoms with Gasteiger partial charge in [-0.2, -0.15) is 0 Å². The zero-order valence-corrected chi connectivity index (χ0v) is 32.4. The number of phenols is 1. The topological polar surface area (TPSA) is 46.5 Å². The summed E-state index contributed by atoms with van der Waals surface area (Å²) in [5.41, 5.74) is 1.62. The minimum atomic E-state index is -0.731. The number of carbonyl (C=O) groups is 1. The molecule has 1 unspecified atom stereocenters. The van der Waals surface area contributed by atoms with Gasteiger partial charge in [0.1, 0.15) is 5.75 Å². The van der Waals surface area contributed by atoms with Crippen LogP contribution in [0.3, 0.4) is 0 Å². The number of hydrogen-bond acceptors (Lipinski definition) is 3. The number of ether oxygens (including phenoxy) is 1. The van der Waals surface area contributed by atoms with Crippen molar-refractivity contribution >= 4 is 5.97 Å². The molecule has 1 aromatic carbocycles. The average Bonchev–Trinajstić information content (AvgIpc) is 2.99. The Morgan fingerprint density at radius 2 is 0.870 bits per heavy atom. The molecule has 1 atom stereocenters. The van der Waals surface area contributed by atoms with Gasteiger partial charge >= 0.3 is 5.97 Å². The lowest BCUT2D eigenvalue weighted by Gasteiger charge is -2.33. The average molecular weight is 643 g/mol. The van der Waals surface area contributed by atoms with Crippen LogP contribution in [-0.4, -0.2) is 17.7 Å². The summed E-state index contributed by atoms with van der Waals surface area (Å²) >= 11 is 0. The highest BCUT2D eigenvalue weighted by Crippen LogP contribution is 2.43. The molecule has 0 saturated heterocycles. The van der Waals surface area contributed by atoms with Crippen molar-refractivity contribution in [3.05, 3.63) is 28.8 Å². The molecule has 0 saturated carbocycles. The third-order valence-corrected chi connectivity index (χ3v) is 10.1. The summed E-state index contributed by atoms with van der Waals surface area (Å²) in [5.74, 6) is 0.271. The van der Waals surface area contributed by atoms with Crippen LogP contribution >= 0.6 is 0 Å². The second-order valence-electron chi connectivity index (χ2n) is 16.7. The van der Waals surface area contributed by atoms with Crippen LogP contribution in [0.1, 0.15) is 227 Å². The molecule has 0 aliphatic carbocycles. The second kappa shape index (κ2) is 23.0. The number of benzene rings is 1. The molecule has 0 heterocycles. The maximum absolute atomic E-state index is 14.0. The zero-order chi connectivity index (χ0) is 34.5. The van der Waals surface area contributed by atoms with Crippen molar-refractivity contribution in [2.75, 3.05) is 6.61 Å². The van der Waals surface area contributed by atoms with Crippen molar-refractivity contribution in [2.45, 2.75) is 226 Å². The van der Waals surface area contributed by atoms with E-state index in [9.17, 15) is 9.90 Å². The lowest BCUT2D eigenvalue weighted by molar-refractivity contribution is -0.150. The van der Waals surface area contributed by atoms with E-state index in [1.165, 1.54) is 116 Å². The SMILES string of the molecule is CCCCCCCCCCCCCOC(=O)C(C)(CCCCCCCCCCCCC)c1cc(C(C)(C)C)c(O)c(C(C)(C)C)c1. The molecule has 0 radical (unpaired) electrons. The van der Waals surface area contributed by atoms with E-state index in [0.29, 0.717) is 12.4 Å². The molecule has 268 valence electrons. The molecule has 1 aromatic rings. The van der Waals surface area contributed by atoms with Crippen LogP contribution < -0.4 is 0 Å². The van der Waals surface area contributed by atoms with E-state index in [2.05, 4.69) is 74.4 Å². The summed E-state index contributed by atoms with van der Waals surface area (Å²) < 4.78 is 6.07. The van der Waals surface area contributed by atoms with Crippen LogP contribution in [0.4, 0.5) is 0 Å². The van der Waals surface area contributed by atoms with E-state index in [0.717, 1.165) is 48.8 Å². The molecule has 1 N–H and O–H groups in total. The summed E-state index contributed by atoms with van der Waals surface area (Å²) in [7, 11) is 0. The van der Waals surface area contributed by atoms with E-state index in [-0.39, 0.29) is 16.8 Å². The fourth-order valence-electron chi connectivity index (χ4n) is 6.69. The zero-order valence-electron chi connectivity index (χ0n) is 32.4. The lowest BCUT2D eigenvalue weighted by Crippen LogP contribution is -2.36. The molecule has 0 aliphatic heterocycles. The van der Waals surface area contributed by atoms with Crippen molar-refractivity contribution in [1.29, 1.82) is 0 Å². The summed E-state index contributed by atoms with van der Waals surface area (Å²) in [4.78, 5) is 14.0. The highest BCUT2D eigenvalue weighted by Gasteiger charge is 2.39. The standard InChI is InChI=1S/C43H78O3/c1-10-12-14-16-18-20-22-24-26-28-30-32-43(9,36-34-37(41(3,4)5)39(44)38(35-36)42(6,7)8)40(45)46-33-31-29-27-25-23-21-19-17-15-13-11-2/h34-35,44H,10-33H2,1-9H3. The Kier molecular flexibility index (Phi) is 21.2. The Hall–Kier alpha value is -1.51. The van der Waals surface area contributed by atoms with Crippen molar-refractivity contribution < 1.29 is 14.6 Å². The van der Waals surface area contributed by atoms with Crippen molar-refractivity contribution in [3.8, 4) is 5.75 Å². The van der Waals surface area contributed by atoms with Gasteiger partial charge in [0.25, 0.3) is 0 Å². The molecule has 0 aromatic heterocycles. The van der Waals surface area contributed by atoms with Crippen LogP contribution in [0.15, 0.2) is 12.1 Å².